The molecular formula is C20H37N3O7. The quantitative estimate of drug-likeness (QED) is 0.284. The van der Waals surface area contributed by atoms with Crippen molar-refractivity contribution in [2.45, 2.75) is 96.9 Å². The van der Waals surface area contributed by atoms with E-state index >= 15 is 0 Å². The van der Waals surface area contributed by atoms with Gasteiger partial charge in [0, 0.05) is 13.0 Å². The molecule has 0 unspecified atom stereocenters. The van der Waals surface area contributed by atoms with Crippen molar-refractivity contribution in [2.24, 2.45) is 5.73 Å². The highest BCUT2D eigenvalue weighted by Crippen LogP contribution is 2.10. The first-order valence-electron chi connectivity index (χ1n) is 10.1. The van der Waals surface area contributed by atoms with Crippen molar-refractivity contribution >= 4 is 23.9 Å². The molecule has 0 aliphatic rings. The van der Waals surface area contributed by atoms with Crippen LogP contribution in [0.4, 0.5) is 4.79 Å². The Morgan fingerprint density at radius 2 is 1.50 bits per heavy atom. The number of carbonyl (C=O) groups is 4. The Morgan fingerprint density at radius 3 is 2.00 bits per heavy atom. The van der Waals surface area contributed by atoms with Crippen LogP contribution >= 0.6 is 0 Å². The summed E-state index contributed by atoms with van der Waals surface area (Å²) in [6.45, 7) is 10.8. The first kappa shape index (κ1) is 27.6. The van der Waals surface area contributed by atoms with Gasteiger partial charge in [0.1, 0.15) is 17.2 Å². The third-order valence-electron chi connectivity index (χ3n) is 3.62. The summed E-state index contributed by atoms with van der Waals surface area (Å²) in [7, 11) is 0. The summed E-state index contributed by atoms with van der Waals surface area (Å²) in [5.74, 6) is -2.29. The lowest BCUT2D eigenvalue weighted by Crippen LogP contribution is -2.48. The summed E-state index contributed by atoms with van der Waals surface area (Å²) in [6.07, 6.45) is 0.619. The maximum atomic E-state index is 12.1. The highest BCUT2D eigenvalue weighted by Gasteiger charge is 2.24. The number of esters is 1. The molecule has 174 valence electrons. The zero-order chi connectivity index (χ0) is 23.5. The molecule has 0 saturated carbocycles. The number of rotatable bonds is 11. The van der Waals surface area contributed by atoms with Gasteiger partial charge in [-0.05, 0) is 67.2 Å². The predicted octanol–water partition coefficient (Wildman–Crippen LogP) is 1.70. The van der Waals surface area contributed by atoms with Gasteiger partial charge in [-0.3, -0.25) is 9.59 Å². The molecule has 0 spiro atoms. The second-order valence-electron chi connectivity index (χ2n) is 9.06. The Balaban J connectivity index is 4.29. The largest absolute Gasteiger partial charge is 0.480 e. The number of carbonyl (C=O) groups excluding carboxylic acids is 3. The number of hydrogen-bond donors (Lipinski definition) is 4. The van der Waals surface area contributed by atoms with Crippen LogP contribution in [0.15, 0.2) is 0 Å². The SMILES string of the molecule is CC(C)(C)OC(=O)CC[C@H](N)C(=O)N[C@@H](CCCCNC(=O)OC(C)(C)C)C(=O)O. The number of carboxylic acids is 1. The third-order valence-corrected chi connectivity index (χ3v) is 3.62. The first-order chi connectivity index (χ1) is 13.6. The van der Waals surface area contributed by atoms with Crippen molar-refractivity contribution < 1.29 is 33.8 Å². The highest BCUT2D eigenvalue weighted by atomic mass is 16.6. The summed E-state index contributed by atoms with van der Waals surface area (Å²) in [6, 6.07) is -2.13. The number of hydrogen-bond acceptors (Lipinski definition) is 7. The molecule has 2 atom stereocenters. The van der Waals surface area contributed by atoms with E-state index in [-0.39, 0.29) is 19.3 Å². The number of nitrogens with two attached hydrogens (primary N) is 1. The zero-order valence-corrected chi connectivity index (χ0v) is 18.9. The number of nitrogens with one attached hydrogen (secondary N) is 2. The summed E-state index contributed by atoms with van der Waals surface area (Å²) >= 11 is 0. The summed E-state index contributed by atoms with van der Waals surface area (Å²) in [5, 5.41) is 14.3. The van der Waals surface area contributed by atoms with E-state index < -0.39 is 47.2 Å². The minimum atomic E-state index is -1.18. The minimum absolute atomic E-state index is 0.0417. The van der Waals surface area contributed by atoms with Crippen LogP contribution in [-0.2, 0) is 23.9 Å². The Hall–Kier alpha value is -2.36. The van der Waals surface area contributed by atoms with Gasteiger partial charge in [0.05, 0.1) is 6.04 Å². The molecule has 2 amide bonds. The van der Waals surface area contributed by atoms with Gasteiger partial charge in [0.2, 0.25) is 5.91 Å². The van der Waals surface area contributed by atoms with Crippen LogP contribution in [0, 0.1) is 0 Å². The fourth-order valence-electron chi connectivity index (χ4n) is 2.31. The standard InChI is InChI=1S/C20H37N3O7/c1-19(2,3)29-15(24)11-10-13(21)16(25)23-14(17(26)27)9-7-8-12-22-18(28)30-20(4,5)6/h13-14H,7-12,21H2,1-6H3,(H,22,28)(H,23,25)(H,26,27)/t13-,14-/m0/s1. The number of aliphatic carboxylic acids is 1. The van der Waals surface area contributed by atoms with Crippen molar-refractivity contribution in [3.05, 3.63) is 0 Å². The molecule has 0 bridgehead atoms. The van der Waals surface area contributed by atoms with Gasteiger partial charge in [0.15, 0.2) is 0 Å². The van der Waals surface area contributed by atoms with E-state index in [9.17, 15) is 24.3 Å². The van der Waals surface area contributed by atoms with Crippen molar-refractivity contribution in [2.75, 3.05) is 6.54 Å². The number of amides is 2. The number of alkyl carbamates (subject to hydrolysis) is 1. The molecule has 0 aromatic carbocycles. The van der Waals surface area contributed by atoms with Crippen LogP contribution < -0.4 is 16.4 Å². The Kier molecular flexibility index (Phi) is 11.4. The molecule has 0 rings (SSSR count). The second-order valence-corrected chi connectivity index (χ2v) is 9.06. The molecule has 0 aliphatic heterocycles. The van der Waals surface area contributed by atoms with Crippen LogP contribution in [0.5, 0.6) is 0 Å². The van der Waals surface area contributed by atoms with E-state index in [0.717, 1.165) is 0 Å². The number of unbranched alkanes of at least 4 members (excludes halogenated alkanes) is 1. The molecule has 0 heterocycles. The van der Waals surface area contributed by atoms with E-state index in [2.05, 4.69) is 10.6 Å². The van der Waals surface area contributed by atoms with Crippen LogP contribution in [-0.4, -0.2) is 58.9 Å². The van der Waals surface area contributed by atoms with Crippen LogP contribution in [0.1, 0.15) is 73.6 Å². The molecule has 0 radical (unpaired) electrons. The fourth-order valence-corrected chi connectivity index (χ4v) is 2.31. The Bertz CT molecular complexity index is 594. The Morgan fingerprint density at radius 1 is 0.933 bits per heavy atom. The summed E-state index contributed by atoms with van der Waals surface area (Å²) < 4.78 is 10.2. The molecule has 10 nitrogen and oxygen atoms in total. The van der Waals surface area contributed by atoms with Crippen molar-refractivity contribution in [3.8, 4) is 0 Å². The maximum absolute atomic E-state index is 12.1. The van der Waals surface area contributed by atoms with E-state index in [1.165, 1.54) is 0 Å². The van der Waals surface area contributed by atoms with Gasteiger partial charge in [-0.2, -0.15) is 0 Å². The van der Waals surface area contributed by atoms with Gasteiger partial charge in [-0.15, -0.1) is 0 Å². The normalized spacial score (nSPS) is 13.7. The highest BCUT2D eigenvalue weighted by molar-refractivity contribution is 5.87. The van der Waals surface area contributed by atoms with Gasteiger partial charge < -0.3 is 30.9 Å². The fraction of sp³-hybridized carbons (Fsp3) is 0.800. The minimum Gasteiger partial charge on any atom is -0.480 e. The monoisotopic (exact) mass is 431 g/mol. The lowest BCUT2D eigenvalue weighted by molar-refractivity contribution is -0.155. The smallest absolute Gasteiger partial charge is 0.407 e. The average Bonchev–Trinajstić information content (AvgIpc) is 2.54. The van der Waals surface area contributed by atoms with Gasteiger partial charge in [0.25, 0.3) is 0 Å². The summed E-state index contributed by atoms with van der Waals surface area (Å²) in [4.78, 5) is 46.8. The molecule has 0 fully saturated rings. The molecular weight excluding hydrogens is 394 g/mol. The lowest BCUT2D eigenvalue weighted by Gasteiger charge is -2.21. The first-order valence-corrected chi connectivity index (χ1v) is 10.1. The van der Waals surface area contributed by atoms with Gasteiger partial charge >= 0.3 is 18.0 Å². The topological polar surface area (TPSA) is 157 Å². The van der Waals surface area contributed by atoms with Crippen LogP contribution in [0.3, 0.4) is 0 Å². The van der Waals surface area contributed by atoms with E-state index in [4.69, 9.17) is 15.2 Å². The second kappa shape index (κ2) is 12.4. The van der Waals surface area contributed by atoms with Crippen molar-refractivity contribution in [1.29, 1.82) is 0 Å². The average molecular weight is 432 g/mol. The summed E-state index contributed by atoms with van der Waals surface area (Å²) in [5.41, 5.74) is 4.54. The lowest BCUT2D eigenvalue weighted by atomic mass is 10.1. The van der Waals surface area contributed by atoms with Crippen molar-refractivity contribution in [1.82, 2.24) is 10.6 Å². The maximum Gasteiger partial charge on any atom is 0.407 e. The molecule has 0 aromatic rings. The molecule has 0 aromatic heterocycles. The molecule has 5 N–H and O–H groups in total. The molecule has 10 heteroatoms. The zero-order valence-electron chi connectivity index (χ0n) is 18.9. The molecule has 0 saturated heterocycles. The van der Waals surface area contributed by atoms with E-state index in [0.29, 0.717) is 19.4 Å². The van der Waals surface area contributed by atoms with Gasteiger partial charge in [-0.1, -0.05) is 0 Å². The van der Waals surface area contributed by atoms with E-state index in [1.54, 1.807) is 41.5 Å². The predicted molar refractivity (Wildman–Crippen MR) is 111 cm³/mol. The van der Waals surface area contributed by atoms with E-state index in [1.807, 2.05) is 0 Å². The van der Waals surface area contributed by atoms with Gasteiger partial charge in [-0.25, -0.2) is 9.59 Å². The van der Waals surface area contributed by atoms with Crippen LogP contribution in [0.25, 0.3) is 0 Å². The van der Waals surface area contributed by atoms with Crippen LogP contribution in [0.2, 0.25) is 0 Å². The Labute approximate surface area is 178 Å². The van der Waals surface area contributed by atoms with Crippen molar-refractivity contribution in [3.63, 3.8) is 0 Å². The third kappa shape index (κ3) is 14.6. The number of carboxylic acid groups (broad SMARTS) is 1. The molecule has 30 heavy (non-hydrogen) atoms. The molecule has 0 aliphatic carbocycles. The number of ether oxygens (including phenoxy) is 2.